The summed E-state index contributed by atoms with van der Waals surface area (Å²) in [5, 5.41) is 0. The van der Waals surface area contributed by atoms with Crippen LogP contribution in [0.1, 0.15) is 27.9 Å². The normalized spacial score (nSPS) is 10.8. The number of nitrogens with zero attached hydrogens (tertiary/aromatic N) is 1. The van der Waals surface area contributed by atoms with Crippen LogP contribution in [0.2, 0.25) is 0 Å². The molecule has 3 nitrogen and oxygen atoms in total. The molecule has 1 aromatic heterocycles. The summed E-state index contributed by atoms with van der Waals surface area (Å²) in [6.07, 6.45) is 10.8. The maximum absolute atomic E-state index is 11.0. The molecule has 0 unspecified atom stereocenters. The van der Waals surface area contributed by atoms with Gasteiger partial charge in [0.15, 0.2) is 24.9 Å². The fourth-order valence-electron chi connectivity index (χ4n) is 2.70. The fourth-order valence-corrected chi connectivity index (χ4v) is 2.70. The zero-order chi connectivity index (χ0) is 18.0. The molecule has 0 radical (unpaired) electrons. The minimum Gasteiger partial charge on any atom is -0.493 e. The summed E-state index contributed by atoms with van der Waals surface area (Å²) >= 11 is 0. The van der Waals surface area contributed by atoms with Crippen LogP contribution in [-0.2, 0) is 6.42 Å². The lowest BCUT2D eigenvalue weighted by atomic mass is 10.1. The Kier molecular flexibility index (Phi) is 6.32. The molecule has 1 heterocycles. The van der Waals surface area contributed by atoms with Gasteiger partial charge in [0.05, 0.1) is 12.2 Å². The smallest absolute Gasteiger partial charge is 0.175 e. The lowest BCUT2D eigenvalue weighted by Crippen LogP contribution is -2.23. The standard InChI is InChI=1S/C23H22NO2/c25-19-22-11-2-3-12-23(22)26-17-7-10-20-8-6-9-21(18-20)13-16-24-14-4-1-5-15-24/h1-6,8-9,11-16,18-19H,7,10,17H2/q+1. The molecule has 26 heavy (non-hydrogen) atoms. The monoisotopic (exact) mass is 344 g/mol. The maximum Gasteiger partial charge on any atom is 0.175 e. The quantitative estimate of drug-likeness (QED) is 0.344. The van der Waals surface area contributed by atoms with Crippen molar-refractivity contribution in [1.82, 2.24) is 0 Å². The van der Waals surface area contributed by atoms with Crippen LogP contribution in [0.3, 0.4) is 0 Å². The Morgan fingerprint density at radius 2 is 1.77 bits per heavy atom. The Balaban J connectivity index is 1.52. The van der Waals surface area contributed by atoms with Gasteiger partial charge in [0, 0.05) is 18.2 Å². The molecule has 0 saturated heterocycles. The third kappa shape index (κ3) is 5.15. The number of carbonyl (C=O) groups is 1. The Labute approximate surface area is 154 Å². The largest absolute Gasteiger partial charge is 0.493 e. The number of rotatable bonds is 8. The van der Waals surface area contributed by atoms with E-state index in [0.29, 0.717) is 17.9 Å². The van der Waals surface area contributed by atoms with E-state index in [1.54, 1.807) is 6.07 Å². The van der Waals surface area contributed by atoms with E-state index in [9.17, 15) is 4.79 Å². The van der Waals surface area contributed by atoms with Crippen LogP contribution in [0.5, 0.6) is 5.75 Å². The number of carbonyl (C=O) groups excluding carboxylic acids is 1. The van der Waals surface area contributed by atoms with Crippen molar-refractivity contribution < 1.29 is 14.1 Å². The fraction of sp³-hybridized carbons (Fsp3) is 0.130. The van der Waals surface area contributed by atoms with Gasteiger partial charge >= 0.3 is 0 Å². The average Bonchev–Trinajstić information content (AvgIpc) is 2.71. The SMILES string of the molecule is O=Cc1ccccc1OCCCc1cccc(C=C[n+]2ccccc2)c1. The van der Waals surface area contributed by atoms with Crippen LogP contribution in [0, 0.1) is 0 Å². The number of aldehydes is 1. The number of hydrogen-bond acceptors (Lipinski definition) is 2. The molecule has 0 N–H and O–H groups in total. The van der Waals surface area contributed by atoms with Gasteiger partial charge in [-0.3, -0.25) is 4.79 Å². The van der Waals surface area contributed by atoms with Gasteiger partial charge in [-0.05, 0) is 36.1 Å². The molecule has 0 atom stereocenters. The number of aryl methyl sites for hydroxylation is 1. The summed E-state index contributed by atoms with van der Waals surface area (Å²) in [6.45, 7) is 0.588. The van der Waals surface area contributed by atoms with Crippen molar-refractivity contribution >= 4 is 18.6 Å². The summed E-state index contributed by atoms with van der Waals surface area (Å²) in [7, 11) is 0. The first-order valence-electron chi connectivity index (χ1n) is 8.75. The molecule has 0 bridgehead atoms. The van der Waals surface area contributed by atoms with Crippen molar-refractivity contribution in [2.24, 2.45) is 0 Å². The molecule has 3 rings (SSSR count). The number of hydrogen-bond donors (Lipinski definition) is 0. The Morgan fingerprint density at radius 3 is 2.62 bits per heavy atom. The molecule has 0 spiro atoms. The van der Waals surface area contributed by atoms with Crippen LogP contribution in [0.15, 0.2) is 79.1 Å². The second kappa shape index (κ2) is 9.33. The number of aromatic nitrogens is 1. The van der Waals surface area contributed by atoms with Crippen LogP contribution >= 0.6 is 0 Å². The zero-order valence-electron chi connectivity index (χ0n) is 14.6. The van der Waals surface area contributed by atoms with Crippen molar-refractivity contribution in [2.75, 3.05) is 6.61 Å². The van der Waals surface area contributed by atoms with Crippen molar-refractivity contribution in [3.63, 3.8) is 0 Å². The predicted octanol–water partition coefficient (Wildman–Crippen LogP) is 4.43. The zero-order valence-corrected chi connectivity index (χ0v) is 14.6. The first kappa shape index (κ1) is 17.6. The predicted molar refractivity (Wildman–Crippen MR) is 104 cm³/mol. The molecule has 0 aliphatic heterocycles. The highest BCUT2D eigenvalue weighted by atomic mass is 16.5. The summed E-state index contributed by atoms with van der Waals surface area (Å²) in [4.78, 5) is 11.0. The van der Waals surface area contributed by atoms with E-state index in [2.05, 4.69) is 30.3 Å². The molecule has 3 aromatic rings. The first-order chi connectivity index (χ1) is 12.8. The van der Waals surface area contributed by atoms with Crippen LogP contribution in [0.4, 0.5) is 0 Å². The summed E-state index contributed by atoms with van der Waals surface area (Å²) in [5.41, 5.74) is 3.04. The van der Waals surface area contributed by atoms with Gasteiger partial charge in [0.1, 0.15) is 5.75 Å². The second-order valence-electron chi connectivity index (χ2n) is 5.99. The molecule has 0 fully saturated rings. The minimum absolute atomic E-state index is 0.588. The molecule has 3 heteroatoms. The van der Waals surface area contributed by atoms with Gasteiger partial charge in [0.25, 0.3) is 0 Å². The van der Waals surface area contributed by atoms with Crippen molar-refractivity contribution in [3.8, 4) is 5.75 Å². The van der Waals surface area contributed by atoms with E-state index in [1.807, 2.05) is 59.6 Å². The van der Waals surface area contributed by atoms with Gasteiger partial charge in [-0.15, -0.1) is 0 Å². The summed E-state index contributed by atoms with van der Waals surface area (Å²) in [6, 6.07) is 21.8. The highest BCUT2D eigenvalue weighted by Gasteiger charge is 2.02. The van der Waals surface area contributed by atoms with E-state index < -0.39 is 0 Å². The van der Waals surface area contributed by atoms with Gasteiger partial charge in [-0.2, -0.15) is 4.57 Å². The van der Waals surface area contributed by atoms with E-state index in [4.69, 9.17) is 4.74 Å². The van der Waals surface area contributed by atoms with E-state index in [1.165, 1.54) is 11.1 Å². The van der Waals surface area contributed by atoms with Crippen LogP contribution < -0.4 is 9.30 Å². The van der Waals surface area contributed by atoms with Crippen LogP contribution in [-0.4, -0.2) is 12.9 Å². The average molecular weight is 344 g/mol. The first-order valence-corrected chi connectivity index (χ1v) is 8.75. The number of para-hydroxylation sites is 1. The third-order valence-corrected chi connectivity index (χ3v) is 4.04. The minimum atomic E-state index is 0.588. The molecule has 0 aliphatic rings. The molecular weight excluding hydrogens is 322 g/mol. The van der Waals surface area contributed by atoms with Gasteiger partial charge in [0.2, 0.25) is 0 Å². The Morgan fingerprint density at radius 1 is 0.923 bits per heavy atom. The van der Waals surface area contributed by atoms with Gasteiger partial charge in [-0.25, -0.2) is 0 Å². The van der Waals surface area contributed by atoms with E-state index in [-0.39, 0.29) is 0 Å². The summed E-state index contributed by atoms with van der Waals surface area (Å²) < 4.78 is 7.76. The molecule has 0 aliphatic carbocycles. The van der Waals surface area contributed by atoms with Crippen LogP contribution in [0.25, 0.3) is 12.3 Å². The third-order valence-electron chi connectivity index (χ3n) is 4.04. The molecule has 0 amide bonds. The van der Waals surface area contributed by atoms with Crippen molar-refractivity contribution in [2.45, 2.75) is 12.8 Å². The molecule has 130 valence electrons. The molecular formula is C23H22NO2+. The van der Waals surface area contributed by atoms with E-state index in [0.717, 1.165) is 19.1 Å². The number of pyridine rings is 1. The van der Waals surface area contributed by atoms with Crippen molar-refractivity contribution in [3.05, 3.63) is 95.8 Å². The topological polar surface area (TPSA) is 30.2 Å². The highest BCUT2D eigenvalue weighted by molar-refractivity contribution is 5.79. The number of benzene rings is 2. The van der Waals surface area contributed by atoms with E-state index >= 15 is 0 Å². The van der Waals surface area contributed by atoms with Crippen molar-refractivity contribution in [1.29, 1.82) is 0 Å². The second-order valence-corrected chi connectivity index (χ2v) is 5.99. The molecule has 2 aromatic carbocycles. The summed E-state index contributed by atoms with van der Waals surface area (Å²) in [5.74, 6) is 0.652. The molecule has 0 saturated carbocycles. The highest BCUT2D eigenvalue weighted by Crippen LogP contribution is 2.16. The lowest BCUT2D eigenvalue weighted by Gasteiger charge is -2.08. The number of ether oxygens (including phenoxy) is 1. The maximum atomic E-state index is 11.0. The Bertz CT molecular complexity index is 872. The van der Waals surface area contributed by atoms with Gasteiger partial charge in [-0.1, -0.05) is 42.5 Å². The Hall–Kier alpha value is -3.20. The van der Waals surface area contributed by atoms with Gasteiger partial charge < -0.3 is 4.74 Å². The lowest BCUT2D eigenvalue weighted by molar-refractivity contribution is -0.567.